The average molecular weight is 640 g/mol. The van der Waals surface area contributed by atoms with Gasteiger partial charge in [-0.2, -0.15) is 0 Å². The van der Waals surface area contributed by atoms with Crippen LogP contribution in [0, 0.1) is 11.8 Å². The number of hydrogen-bond acceptors (Lipinski definition) is 9. The van der Waals surface area contributed by atoms with E-state index in [0.29, 0.717) is 76.6 Å². The van der Waals surface area contributed by atoms with Crippen molar-refractivity contribution >= 4 is 17.9 Å². The first-order chi connectivity index (χ1) is 21.9. The van der Waals surface area contributed by atoms with Crippen molar-refractivity contribution in [1.29, 1.82) is 0 Å². The number of carbonyl (C=O) groups excluding carboxylic acids is 3. The minimum absolute atomic E-state index is 0.0943. The van der Waals surface area contributed by atoms with E-state index in [9.17, 15) is 14.4 Å². The zero-order chi connectivity index (χ0) is 32.8. The third-order valence-electron chi connectivity index (χ3n) is 8.60. The van der Waals surface area contributed by atoms with Crippen LogP contribution in [0.25, 0.3) is 0 Å². The van der Waals surface area contributed by atoms with Gasteiger partial charge >= 0.3 is 17.9 Å². The Labute approximate surface area is 275 Å². The summed E-state index contributed by atoms with van der Waals surface area (Å²) < 4.78 is 16.2. The minimum atomic E-state index is -0.0949. The van der Waals surface area contributed by atoms with Crippen LogP contribution in [0.1, 0.15) is 143 Å². The summed E-state index contributed by atoms with van der Waals surface area (Å²) in [7, 11) is 0. The Bertz CT molecular complexity index is 738. The maximum absolute atomic E-state index is 12.0. The van der Waals surface area contributed by atoms with Crippen molar-refractivity contribution < 1.29 is 28.6 Å². The molecule has 0 spiro atoms. The lowest BCUT2D eigenvalue weighted by Gasteiger charge is -2.14. The highest BCUT2D eigenvalue weighted by Crippen LogP contribution is 2.13. The lowest BCUT2D eigenvalue weighted by atomic mass is 10.0. The lowest BCUT2D eigenvalue weighted by molar-refractivity contribution is -0.144. The van der Waals surface area contributed by atoms with Crippen LogP contribution in [-0.4, -0.2) is 76.5 Å². The molecule has 1 rings (SSSR count). The van der Waals surface area contributed by atoms with Crippen LogP contribution in [0.15, 0.2) is 0 Å². The maximum atomic E-state index is 12.0. The van der Waals surface area contributed by atoms with E-state index in [4.69, 9.17) is 14.2 Å². The molecule has 1 heterocycles. The van der Waals surface area contributed by atoms with E-state index in [1.165, 1.54) is 19.3 Å². The first kappa shape index (κ1) is 41.3. The summed E-state index contributed by atoms with van der Waals surface area (Å²) in [5.74, 6) is 0.873. The molecule has 1 aliphatic heterocycles. The third kappa shape index (κ3) is 28.3. The highest BCUT2D eigenvalue weighted by molar-refractivity contribution is 5.69. The summed E-state index contributed by atoms with van der Waals surface area (Å²) in [4.78, 5) is 36.0. The summed E-state index contributed by atoms with van der Waals surface area (Å²) in [5.41, 5.74) is 0. The molecule has 0 bridgehead atoms. The minimum Gasteiger partial charge on any atom is -0.464 e. The van der Waals surface area contributed by atoms with Crippen molar-refractivity contribution in [2.75, 3.05) is 52.5 Å². The highest BCUT2D eigenvalue weighted by atomic mass is 16.5. The Balaban J connectivity index is 2.28. The van der Waals surface area contributed by atoms with Gasteiger partial charge in [0.2, 0.25) is 0 Å². The number of hydrogen-bond donors (Lipinski definition) is 3. The van der Waals surface area contributed by atoms with Crippen LogP contribution < -0.4 is 16.0 Å². The molecular weight excluding hydrogens is 570 g/mol. The van der Waals surface area contributed by atoms with Gasteiger partial charge in [0, 0.05) is 44.9 Å². The molecule has 45 heavy (non-hydrogen) atoms. The van der Waals surface area contributed by atoms with Crippen molar-refractivity contribution in [3.05, 3.63) is 0 Å². The monoisotopic (exact) mass is 640 g/mol. The Morgan fingerprint density at radius 3 is 1.27 bits per heavy atom. The first-order valence-electron chi connectivity index (χ1n) is 18.5. The maximum Gasteiger partial charge on any atom is 0.305 e. The second-order valence-corrected chi connectivity index (χ2v) is 13.3. The van der Waals surface area contributed by atoms with Crippen LogP contribution in [0.5, 0.6) is 0 Å². The molecule has 1 fully saturated rings. The average Bonchev–Trinajstić information content (AvgIpc) is 3.01. The van der Waals surface area contributed by atoms with Gasteiger partial charge in [0.1, 0.15) is 19.8 Å². The second kappa shape index (κ2) is 29.7. The summed E-state index contributed by atoms with van der Waals surface area (Å²) in [6, 6.07) is 0.404. The number of ether oxygens (including phenoxy) is 3. The summed E-state index contributed by atoms with van der Waals surface area (Å²) in [5, 5.41) is 10.3. The number of cyclic esters (lactones) is 3. The molecule has 9 nitrogen and oxygen atoms in total. The van der Waals surface area contributed by atoms with E-state index in [1.54, 1.807) is 0 Å². The van der Waals surface area contributed by atoms with Gasteiger partial charge in [-0.05, 0) is 70.4 Å². The van der Waals surface area contributed by atoms with Crippen molar-refractivity contribution in [2.45, 2.75) is 149 Å². The summed E-state index contributed by atoms with van der Waals surface area (Å²) in [6.45, 7) is 11.9. The van der Waals surface area contributed by atoms with Crippen molar-refractivity contribution in [3.8, 4) is 0 Å². The Hall–Kier alpha value is -1.71. The predicted octanol–water partition coefficient (Wildman–Crippen LogP) is 6.47. The van der Waals surface area contributed by atoms with Crippen molar-refractivity contribution in [2.24, 2.45) is 11.8 Å². The molecule has 264 valence electrons. The number of rotatable bonds is 0. The molecule has 3 N–H and O–H groups in total. The highest BCUT2D eigenvalue weighted by Gasteiger charge is 2.08. The Morgan fingerprint density at radius 2 is 0.822 bits per heavy atom. The smallest absolute Gasteiger partial charge is 0.305 e. The molecule has 0 aromatic carbocycles. The fourth-order valence-corrected chi connectivity index (χ4v) is 5.65. The van der Waals surface area contributed by atoms with Gasteiger partial charge in [0.15, 0.2) is 0 Å². The largest absolute Gasteiger partial charge is 0.464 e. The normalized spacial score (nSPS) is 27.0. The summed E-state index contributed by atoms with van der Waals surface area (Å²) in [6.07, 6.45) is 18.8. The van der Waals surface area contributed by atoms with Gasteiger partial charge < -0.3 is 30.2 Å². The Kier molecular flexibility index (Phi) is 27.2. The standard InChI is InChI=1S/C36H69N3O6/c1-31-17-11-7-9-15-21-35(41)44-27-24-38-30-32(2)18-12-8-10-16-22-36(42)45-28-25-39-33(3)19-13-5-4-6-14-20-34(40)43-26-23-37-29-31/h31-33,37-39H,4-30H2,1-3H3. The molecule has 0 amide bonds. The van der Waals surface area contributed by atoms with Crippen molar-refractivity contribution in [1.82, 2.24) is 16.0 Å². The van der Waals surface area contributed by atoms with E-state index in [0.717, 1.165) is 96.6 Å². The molecule has 0 aliphatic carbocycles. The fraction of sp³-hybridized carbons (Fsp3) is 0.917. The van der Waals surface area contributed by atoms with Crippen LogP contribution >= 0.6 is 0 Å². The molecule has 0 saturated carbocycles. The zero-order valence-electron chi connectivity index (χ0n) is 29.3. The molecule has 0 aromatic heterocycles. The second-order valence-electron chi connectivity index (χ2n) is 13.3. The van der Waals surface area contributed by atoms with Gasteiger partial charge in [0.25, 0.3) is 0 Å². The van der Waals surface area contributed by atoms with Crippen LogP contribution in [0.4, 0.5) is 0 Å². The zero-order valence-corrected chi connectivity index (χ0v) is 29.3. The molecule has 3 atom stereocenters. The number of carbonyl (C=O) groups is 3. The topological polar surface area (TPSA) is 115 Å². The molecule has 9 heteroatoms. The van der Waals surface area contributed by atoms with Crippen LogP contribution in [0.3, 0.4) is 0 Å². The molecule has 0 aromatic rings. The molecule has 3 unspecified atom stereocenters. The number of nitrogens with one attached hydrogen (secondary N) is 3. The molecule has 1 saturated heterocycles. The first-order valence-corrected chi connectivity index (χ1v) is 18.5. The molecule has 0 radical (unpaired) electrons. The van der Waals surface area contributed by atoms with Gasteiger partial charge in [0.05, 0.1) is 0 Å². The van der Waals surface area contributed by atoms with Crippen LogP contribution in [0.2, 0.25) is 0 Å². The van der Waals surface area contributed by atoms with Crippen LogP contribution in [-0.2, 0) is 28.6 Å². The third-order valence-corrected chi connectivity index (χ3v) is 8.60. The summed E-state index contributed by atoms with van der Waals surface area (Å²) >= 11 is 0. The fourth-order valence-electron chi connectivity index (χ4n) is 5.65. The van der Waals surface area contributed by atoms with Gasteiger partial charge in [-0.1, -0.05) is 78.1 Å². The van der Waals surface area contributed by atoms with Gasteiger partial charge in [-0.25, -0.2) is 0 Å². The quantitative estimate of drug-likeness (QED) is 0.203. The number of esters is 3. The van der Waals surface area contributed by atoms with Gasteiger partial charge in [-0.15, -0.1) is 0 Å². The molecular formula is C36H69N3O6. The van der Waals surface area contributed by atoms with E-state index in [-0.39, 0.29) is 17.9 Å². The SMILES string of the molecule is CC1CCCCCCC(=O)OCCNCC(C)CCCCCCC(=O)OCCNC(C)CCCCCCCC(=O)OCCNC1. The van der Waals surface area contributed by atoms with E-state index >= 15 is 0 Å². The van der Waals surface area contributed by atoms with Gasteiger partial charge in [-0.3, -0.25) is 14.4 Å². The predicted molar refractivity (Wildman–Crippen MR) is 182 cm³/mol. The van der Waals surface area contributed by atoms with E-state index < -0.39 is 0 Å². The van der Waals surface area contributed by atoms with Crippen molar-refractivity contribution in [3.63, 3.8) is 0 Å². The lowest BCUT2D eigenvalue weighted by Crippen LogP contribution is -2.30. The van der Waals surface area contributed by atoms with E-state index in [2.05, 4.69) is 36.7 Å². The molecule has 1 aliphatic rings. The Morgan fingerprint density at radius 1 is 0.467 bits per heavy atom. The van der Waals surface area contributed by atoms with E-state index in [1.807, 2.05) is 0 Å².